The second kappa shape index (κ2) is 7.72. The van der Waals surface area contributed by atoms with Crippen LogP contribution in [0.1, 0.15) is 0 Å². The van der Waals surface area contributed by atoms with Crippen molar-refractivity contribution in [3.63, 3.8) is 0 Å². The zero-order valence-corrected chi connectivity index (χ0v) is 5.55. The predicted molar refractivity (Wildman–Crippen MR) is 38.2 cm³/mol. The molecule has 11 heavy (non-hydrogen) atoms. The monoisotopic (exact) mass is 153 g/mol. The van der Waals surface area contributed by atoms with Gasteiger partial charge in [-0.2, -0.15) is 10.5 Å². The van der Waals surface area contributed by atoms with Crippen molar-refractivity contribution < 1.29 is 0 Å². The highest BCUT2D eigenvalue weighted by molar-refractivity contribution is 5.93. The highest BCUT2D eigenvalue weighted by Gasteiger charge is 1.83. The molecule has 0 aliphatic heterocycles. The van der Waals surface area contributed by atoms with Gasteiger partial charge in [0, 0.05) is 0 Å². The van der Waals surface area contributed by atoms with Gasteiger partial charge in [-0.25, -0.2) is 0 Å². The number of nitrogens with zero attached hydrogens (tertiary/aromatic N) is 2. The molecule has 58 valence electrons. The van der Waals surface area contributed by atoms with E-state index in [1.165, 1.54) is 12.1 Å². The zero-order chi connectivity index (χ0) is 9.28. The van der Waals surface area contributed by atoms with Gasteiger partial charge in [-0.3, -0.25) is 16.1 Å². The quantitative estimate of drug-likeness (QED) is 0.209. The Hall–Kier alpha value is -2.28. The number of guanidine groups is 2. The molecule has 0 atom stereocenters. The van der Waals surface area contributed by atoms with Crippen LogP contribution >= 0.6 is 0 Å². The predicted octanol–water partition coefficient (Wildman–Crippen LogP) is -1.60. The van der Waals surface area contributed by atoms with Crippen molar-refractivity contribution in [1.29, 1.82) is 21.3 Å². The molecule has 0 aromatic heterocycles. The molecule has 0 aliphatic rings. The molecular weight excluding hydrogens is 146 g/mol. The SMILES string of the molecule is N#CC#N.N=C(N)NC(=N)N. The van der Waals surface area contributed by atoms with E-state index in [-0.39, 0.29) is 11.9 Å². The third-order valence-corrected chi connectivity index (χ3v) is 0.319. The lowest BCUT2D eigenvalue weighted by Crippen LogP contribution is -2.39. The topological polar surface area (TPSA) is 159 Å². The molecule has 0 aliphatic carbocycles. The fraction of sp³-hybridized carbons (Fsp3) is 0. The molecule has 0 bridgehead atoms. The molecule has 0 amide bonds. The fourth-order valence-corrected chi connectivity index (χ4v) is 0.145. The summed E-state index contributed by atoms with van der Waals surface area (Å²) in [5, 5.41) is 29.5. The zero-order valence-electron chi connectivity index (χ0n) is 5.55. The first-order chi connectivity index (χ1) is 5.04. The summed E-state index contributed by atoms with van der Waals surface area (Å²) in [6, 6.07) is 2.47. The number of nitrogens with one attached hydrogen (secondary N) is 3. The van der Waals surface area contributed by atoms with Crippen molar-refractivity contribution in [2.24, 2.45) is 11.5 Å². The largest absolute Gasteiger partial charge is 0.370 e. The van der Waals surface area contributed by atoms with E-state index < -0.39 is 0 Å². The summed E-state index contributed by atoms with van der Waals surface area (Å²) in [5.74, 6) is -0.625. The Morgan fingerprint density at radius 2 is 1.36 bits per heavy atom. The Kier molecular flexibility index (Phi) is 8.08. The third kappa shape index (κ3) is 34.1. The minimum atomic E-state index is -0.312. The Morgan fingerprint density at radius 1 is 1.09 bits per heavy atom. The molecule has 7 N–H and O–H groups in total. The first-order valence-electron chi connectivity index (χ1n) is 2.27. The standard InChI is InChI=1S/C2H7N5.C2N2/c3-1(4)7-2(5)6;3-1-2-4/h(H7,3,4,5,6,7);. The van der Waals surface area contributed by atoms with Crippen LogP contribution < -0.4 is 16.8 Å². The van der Waals surface area contributed by atoms with Crippen LogP contribution in [0.3, 0.4) is 0 Å². The lowest BCUT2D eigenvalue weighted by Gasteiger charge is -1.95. The first-order valence-corrected chi connectivity index (χ1v) is 2.27. The third-order valence-electron chi connectivity index (χ3n) is 0.319. The number of hydrogen-bond acceptors (Lipinski definition) is 4. The lowest BCUT2D eigenvalue weighted by atomic mass is 10.9. The molecular formula is C4H7N7. The highest BCUT2D eigenvalue weighted by Crippen LogP contribution is 1.44. The van der Waals surface area contributed by atoms with Gasteiger partial charge in [-0.15, -0.1) is 0 Å². The second-order valence-electron chi connectivity index (χ2n) is 1.18. The Morgan fingerprint density at radius 3 is 1.36 bits per heavy atom. The number of nitrogens with two attached hydrogens (primary N) is 2. The molecule has 0 aromatic rings. The van der Waals surface area contributed by atoms with Gasteiger partial charge < -0.3 is 11.5 Å². The van der Waals surface area contributed by atoms with Crippen LogP contribution in [0.15, 0.2) is 0 Å². The van der Waals surface area contributed by atoms with Crippen molar-refractivity contribution in [3.8, 4) is 12.1 Å². The Labute approximate surface area is 63.2 Å². The van der Waals surface area contributed by atoms with E-state index in [9.17, 15) is 0 Å². The highest BCUT2D eigenvalue weighted by atomic mass is 15.1. The van der Waals surface area contributed by atoms with Crippen LogP contribution in [-0.4, -0.2) is 11.9 Å². The molecule has 7 nitrogen and oxygen atoms in total. The summed E-state index contributed by atoms with van der Waals surface area (Å²) in [7, 11) is 0. The summed E-state index contributed by atoms with van der Waals surface area (Å²) in [6.45, 7) is 0. The summed E-state index contributed by atoms with van der Waals surface area (Å²) in [6.07, 6.45) is 0. The van der Waals surface area contributed by atoms with Crippen LogP contribution in [0.25, 0.3) is 0 Å². The molecule has 0 radical (unpaired) electrons. The van der Waals surface area contributed by atoms with Gasteiger partial charge in [0.1, 0.15) is 0 Å². The number of nitriles is 2. The van der Waals surface area contributed by atoms with Crippen molar-refractivity contribution >= 4 is 11.9 Å². The minimum Gasteiger partial charge on any atom is -0.370 e. The van der Waals surface area contributed by atoms with E-state index in [2.05, 4.69) is 0 Å². The molecule has 0 spiro atoms. The van der Waals surface area contributed by atoms with Crippen LogP contribution in [0, 0.1) is 33.5 Å². The minimum absolute atomic E-state index is 0.312. The molecule has 7 heteroatoms. The van der Waals surface area contributed by atoms with Crippen molar-refractivity contribution in [3.05, 3.63) is 0 Å². The number of hydrogen-bond donors (Lipinski definition) is 5. The van der Waals surface area contributed by atoms with Gasteiger partial charge in [0.05, 0.1) is 0 Å². The maximum absolute atomic E-state index is 7.26. The van der Waals surface area contributed by atoms with Crippen LogP contribution in [-0.2, 0) is 0 Å². The maximum Gasteiger partial charge on any atom is 0.192 e. The lowest BCUT2D eigenvalue weighted by molar-refractivity contribution is 1.19. The molecule has 0 fully saturated rings. The summed E-state index contributed by atoms with van der Waals surface area (Å²) < 4.78 is 0. The molecule has 0 aromatic carbocycles. The van der Waals surface area contributed by atoms with E-state index in [0.29, 0.717) is 0 Å². The Balaban J connectivity index is 0. The second-order valence-corrected chi connectivity index (χ2v) is 1.18. The molecule has 0 saturated heterocycles. The molecule has 0 saturated carbocycles. The average molecular weight is 153 g/mol. The van der Waals surface area contributed by atoms with Crippen LogP contribution in [0.2, 0.25) is 0 Å². The van der Waals surface area contributed by atoms with Gasteiger partial charge in [0.15, 0.2) is 24.1 Å². The maximum atomic E-state index is 7.26. The van der Waals surface area contributed by atoms with E-state index in [0.717, 1.165) is 0 Å². The molecule has 0 unspecified atom stereocenters. The fourth-order valence-electron chi connectivity index (χ4n) is 0.145. The van der Waals surface area contributed by atoms with Crippen molar-refractivity contribution in [1.82, 2.24) is 5.32 Å². The summed E-state index contributed by atoms with van der Waals surface area (Å²) in [5.41, 5.74) is 9.49. The van der Waals surface area contributed by atoms with Gasteiger partial charge in [-0.05, 0) is 0 Å². The van der Waals surface area contributed by atoms with Crippen LogP contribution in [0.5, 0.6) is 0 Å². The van der Waals surface area contributed by atoms with E-state index >= 15 is 0 Å². The molecule has 0 heterocycles. The van der Waals surface area contributed by atoms with E-state index in [4.69, 9.17) is 32.8 Å². The van der Waals surface area contributed by atoms with Crippen LogP contribution in [0.4, 0.5) is 0 Å². The van der Waals surface area contributed by atoms with Gasteiger partial charge >= 0.3 is 0 Å². The first kappa shape index (κ1) is 11.5. The van der Waals surface area contributed by atoms with Crippen molar-refractivity contribution in [2.75, 3.05) is 0 Å². The Bertz CT molecular complexity index is 192. The van der Waals surface area contributed by atoms with Crippen molar-refractivity contribution in [2.45, 2.75) is 0 Å². The van der Waals surface area contributed by atoms with E-state index in [1.54, 1.807) is 0 Å². The molecule has 0 rings (SSSR count). The average Bonchev–Trinajstić information content (AvgIpc) is 1.85. The normalized spacial score (nSPS) is 5.64. The smallest absolute Gasteiger partial charge is 0.192 e. The summed E-state index contributed by atoms with van der Waals surface area (Å²) in [4.78, 5) is 0. The van der Waals surface area contributed by atoms with E-state index in [1.807, 2.05) is 5.32 Å². The van der Waals surface area contributed by atoms with Gasteiger partial charge in [-0.1, -0.05) is 0 Å². The number of rotatable bonds is 0. The summed E-state index contributed by atoms with van der Waals surface area (Å²) >= 11 is 0. The van der Waals surface area contributed by atoms with Gasteiger partial charge in [0.2, 0.25) is 0 Å². The van der Waals surface area contributed by atoms with Gasteiger partial charge in [0.25, 0.3) is 0 Å².